The molecule has 0 aliphatic rings. The summed E-state index contributed by atoms with van der Waals surface area (Å²) in [6, 6.07) is 9.63. The first-order valence-corrected chi connectivity index (χ1v) is 4.75. The Labute approximate surface area is 94.4 Å². The van der Waals surface area contributed by atoms with Crippen molar-refractivity contribution >= 4 is 6.29 Å². The lowest BCUT2D eigenvalue weighted by Gasteiger charge is -2.09. The van der Waals surface area contributed by atoms with Crippen LogP contribution >= 0.6 is 0 Å². The van der Waals surface area contributed by atoms with Crippen molar-refractivity contribution in [3.8, 4) is 0 Å². The first kappa shape index (κ1) is 12.0. The lowest BCUT2D eigenvalue weighted by atomic mass is 10.2. The second kappa shape index (κ2) is 6.42. The van der Waals surface area contributed by atoms with Gasteiger partial charge in [-0.2, -0.15) is 0 Å². The van der Waals surface area contributed by atoms with Crippen molar-refractivity contribution in [3.05, 3.63) is 60.0 Å². The molecule has 0 amide bonds. The van der Waals surface area contributed by atoms with Crippen molar-refractivity contribution in [2.24, 2.45) is 5.84 Å². The minimum Gasteiger partial charge on any atom is -0.473 e. The molecule has 0 spiro atoms. The number of rotatable bonds is 6. The summed E-state index contributed by atoms with van der Waals surface area (Å²) in [5.74, 6) is 5.55. The molecule has 0 aromatic heterocycles. The van der Waals surface area contributed by atoms with Crippen LogP contribution in [0.4, 0.5) is 0 Å². The number of hydrazine groups is 1. The number of benzene rings is 1. The van der Waals surface area contributed by atoms with E-state index in [0.717, 1.165) is 5.56 Å². The molecule has 1 aromatic rings. The van der Waals surface area contributed by atoms with Crippen molar-refractivity contribution in [1.82, 2.24) is 5.43 Å². The van der Waals surface area contributed by atoms with Gasteiger partial charge >= 0.3 is 0 Å². The zero-order chi connectivity index (χ0) is 11.8. The summed E-state index contributed by atoms with van der Waals surface area (Å²) < 4.78 is 5.36. The summed E-state index contributed by atoms with van der Waals surface area (Å²) in [6.07, 6.45) is 2.07. The molecule has 0 aliphatic carbocycles. The van der Waals surface area contributed by atoms with E-state index >= 15 is 0 Å². The molecular weight excluding hydrogens is 204 g/mol. The minimum atomic E-state index is 0.293. The predicted octanol–water partition coefficient (Wildman–Crippen LogP) is 1.26. The molecule has 0 saturated carbocycles. The Morgan fingerprint density at radius 2 is 2.12 bits per heavy atom. The van der Waals surface area contributed by atoms with Gasteiger partial charge in [-0.1, -0.05) is 36.9 Å². The summed E-state index contributed by atoms with van der Waals surface area (Å²) in [7, 11) is 0. The Morgan fingerprint density at radius 1 is 1.44 bits per heavy atom. The zero-order valence-electron chi connectivity index (χ0n) is 8.85. The van der Waals surface area contributed by atoms with Crippen molar-refractivity contribution in [2.45, 2.75) is 6.61 Å². The van der Waals surface area contributed by atoms with Crippen LogP contribution in [-0.4, -0.2) is 6.29 Å². The molecule has 0 heterocycles. The van der Waals surface area contributed by atoms with Crippen molar-refractivity contribution in [2.75, 3.05) is 0 Å². The Kier molecular flexibility index (Phi) is 4.82. The molecule has 0 bridgehead atoms. The van der Waals surface area contributed by atoms with E-state index < -0.39 is 0 Å². The van der Waals surface area contributed by atoms with Crippen LogP contribution in [0.15, 0.2) is 54.4 Å². The molecule has 0 fully saturated rings. The molecule has 0 radical (unpaired) electrons. The van der Waals surface area contributed by atoms with Crippen molar-refractivity contribution < 1.29 is 9.53 Å². The largest absolute Gasteiger partial charge is 0.473 e. The minimum absolute atomic E-state index is 0.293. The quantitative estimate of drug-likeness (QED) is 0.188. The number of aldehydes is 1. The lowest BCUT2D eigenvalue weighted by molar-refractivity contribution is -0.104. The normalized spacial score (nSPS) is 10.7. The number of nitrogens with two attached hydrogens (primary N) is 1. The van der Waals surface area contributed by atoms with Crippen LogP contribution in [0.5, 0.6) is 0 Å². The van der Waals surface area contributed by atoms with Gasteiger partial charge in [0.05, 0.1) is 0 Å². The second-order valence-electron chi connectivity index (χ2n) is 3.12. The third kappa shape index (κ3) is 3.98. The monoisotopic (exact) mass is 218 g/mol. The van der Waals surface area contributed by atoms with Crippen LogP contribution in [0.3, 0.4) is 0 Å². The number of carbonyl (C=O) groups excluding carboxylic acids is 1. The highest BCUT2D eigenvalue weighted by Gasteiger charge is 1.97. The number of nitrogens with one attached hydrogen (secondary N) is 1. The van der Waals surface area contributed by atoms with E-state index in [1.807, 2.05) is 30.3 Å². The number of carbonyl (C=O) groups is 1. The molecule has 4 heteroatoms. The zero-order valence-corrected chi connectivity index (χ0v) is 8.85. The first-order valence-electron chi connectivity index (χ1n) is 4.75. The molecule has 1 rings (SSSR count). The van der Waals surface area contributed by atoms with Crippen LogP contribution in [0, 0.1) is 0 Å². The van der Waals surface area contributed by atoms with Crippen LogP contribution in [0.1, 0.15) is 5.56 Å². The van der Waals surface area contributed by atoms with Gasteiger partial charge in [-0.15, -0.1) is 0 Å². The second-order valence-corrected chi connectivity index (χ2v) is 3.12. The Morgan fingerprint density at radius 3 is 2.69 bits per heavy atom. The standard InChI is InChI=1S/C12H14N2O2/c1-10(8-15)7-12(14-13)16-9-11-5-3-2-4-6-11/h2-8,14H,1,9,13H2/b12-7+. The van der Waals surface area contributed by atoms with E-state index in [9.17, 15) is 4.79 Å². The van der Waals surface area contributed by atoms with E-state index in [1.165, 1.54) is 6.08 Å². The summed E-state index contributed by atoms with van der Waals surface area (Å²) in [4.78, 5) is 10.4. The number of allylic oxidation sites excluding steroid dienone is 2. The van der Waals surface area contributed by atoms with Gasteiger partial charge in [-0.3, -0.25) is 10.2 Å². The fourth-order valence-corrected chi connectivity index (χ4v) is 1.06. The summed E-state index contributed by atoms with van der Waals surface area (Å²) in [6.45, 7) is 3.87. The van der Waals surface area contributed by atoms with E-state index in [-0.39, 0.29) is 0 Å². The van der Waals surface area contributed by atoms with Gasteiger partial charge in [0.25, 0.3) is 0 Å². The topological polar surface area (TPSA) is 64.4 Å². The number of hydrogen-bond donors (Lipinski definition) is 2. The molecule has 84 valence electrons. The van der Waals surface area contributed by atoms with Gasteiger partial charge in [0, 0.05) is 11.6 Å². The van der Waals surface area contributed by atoms with Crippen molar-refractivity contribution in [1.29, 1.82) is 0 Å². The molecule has 16 heavy (non-hydrogen) atoms. The highest BCUT2D eigenvalue weighted by atomic mass is 16.5. The molecule has 0 aliphatic heterocycles. The van der Waals surface area contributed by atoms with E-state index in [4.69, 9.17) is 10.6 Å². The molecule has 4 nitrogen and oxygen atoms in total. The molecule has 0 atom stereocenters. The fourth-order valence-electron chi connectivity index (χ4n) is 1.06. The maximum atomic E-state index is 10.4. The van der Waals surface area contributed by atoms with Gasteiger partial charge < -0.3 is 4.74 Å². The van der Waals surface area contributed by atoms with Crippen LogP contribution in [-0.2, 0) is 16.1 Å². The van der Waals surface area contributed by atoms with E-state index in [2.05, 4.69) is 12.0 Å². The Bertz CT molecular complexity index is 385. The smallest absolute Gasteiger partial charge is 0.202 e. The summed E-state index contributed by atoms with van der Waals surface area (Å²) >= 11 is 0. The summed E-state index contributed by atoms with van der Waals surface area (Å²) in [5.41, 5.74) is 3.66. The average molecular weight is 218 g/mol. The maximum absolute atomic E-state index is 10.4. The molecule has 0 saturated heterocycles. The maximum Gasteiger partial charge on any atom is 0.202 e. The molecule has 3 N–H and O–H groups in total. The summed E-state index contributed by atoms with van der Waals surface area (Å²) in [5, 5.41) is 0. The first-order chi connectivity index (χ1) is 7.76. The SMILES string of the molecule is C=C(C=O)/C=C(\NN)OCc1ccccc1. The van der Waals surface area contributed by atoms with Gasteiger partial charge in [0.15, 0.2) is 0 Å². The van der Waals surface area contributed by atoms with E-state index in [1.54, 1.807) is 0 Å². The average Bonchev–Trinajstić information content (AvgIpc) is 2.35. The van der Waals surface area contributed by atoms with Crippen LogP contribution < -0.4 is 11.3 Å². The predicted molar refractivity (Wildman–Crippen MR) is 61.8 cm³/mol. The molecule has 1 aromatic carbocycles. The van der Waals surface area contributed by atoms with Gasteiger partial charge in [-0.05, 0) is 5.56 Å². The molecular formula is C12H14N2O2. The van der Waals surface area contributed by atoms with Gasteiger partial charge in [0.1, 0.15) is 12.9 Å². The number of ether oxygens (including phenoxy) is 1. The Balaban J connectivity index is 2.55. The molecule has 0 unspecified atom stereocenters. The Hall–Kier alpha value is -2.07. The third-order valence-electron chi connectivity index (χ3n) is 1.85. The number of hydrogen-bond acceptors (Lipinski definition) is 4. The highest BCUT2D eigenvalue weighted by Crippen LogP contribution is 2.04. The van der Waals surface area contributed by atoms with E-state index in [0.29, 0.717) is 24.3 Å². The highest BCUT2D eigenvalue weighted by molar-refractivity contribution is 5.76. The van der Waals surface area contributed by atoms with Gasteiger partial charge in [-0.25, -0.2) is 5.84 Å². The van der Waals surface area contributed by atoms with Crippen molar-refractivity contribution in [3.63, 3.8) is 0 Å². The third-order valence-corrected chi connectivity index (χ3v) is 1.85. The fraction of sp³-hybridized carbons (Fsp3) is 0.0833. The lowest BCUT2D eigenvalue weighted by Crippen LogP contribution is -2.23. The van der Waals surface area contributed by atoms with Crippen LogP contribution in [0.25, 0.3) is 0 Å². The van der Waals surface area contributed by atoms with Gasteiger partial charge in [0.2, 0.25) is 5.88 Å². The van der Waals surface area contributed by atoms with Crippen LogP contribution in [0.2, 0.25) is 0 Å².